The lowest BCUT2D eigenvalue weighted by Crippen LogP contribution is -2.27. The zero-order chi connectivity index (χ0) is 11.1. The van der Waals surface area contributed by atoms with E-state index in [9.17, 15) is 0 Å². The number of rotatable bonds is 5. The number of aromatic nitrogens is 1. The summed E-state index contributed by atoms with van der Waals surface area (Å²) in [4.78, 5) is 5.82. The van der Waals surface area contributed by atoms with Gasteiger partial charge in [-0.1, -0.05) is 6.08 Å². The van der Waals surface area contributed by atoms with Crippen molar-refractivity contribution in [1.29, 1.82) is 5.26 Å². The molecule has 0 aliphatic rings. The summed E-state index contributed by atoms with van der Waals surface area (Å²) in [6.45, 7) is 4.72. The van der Waals surface area contributed by atoms with Crippen LogP contribution in [0.15, 0.2) is 31.0 Å². The molecule has 4 nitrogen and oxygen atoms in total. The molecule has 1 aromatic heterocycles. The fourth-order valence-corrected chi connectivity index (χ4v) is 1.32. The molecule has 0 bridgehead atoms. The molecular formula is C11H13N3O. The second kappa shape index (κ2) is 5.78. The summed E-state index contributed by atoms with van der Waals surface area (Å²) in [5.41, 5.74) is 1.10. The Morgan fingerprint density at radius 1 is 1.67 bits per heavy atom. The Balaban J connectivity index is 2.99. The molecule has 0 atom stereocenters. The van der Waals surface area contributed by atoms with Crippen molar-refractivity contribution in [1.82, 2.24) is 4.98 Å². The van der Waals surface area contributed by atoms with E-state index in [2.05, 4.69) is 11.6 Å². The van der Waals surface area contributed by atoms with Gasteiger partial charge in [-0.15, -0.1) is 6.58 Å². The Hall–Kier alpha value is -1.86. The smallest absolute Gasteiger partial charge is 0.163 e. The van der Waals surface area contributed by atoms with Crippen molar-refractivity contribution in [3.05, 3.63) is 36.7 Å². The SMILES string of the molecule is C=CCN(CCO)c1cccnc1C#N. The molecule has 15 heavy (non-hydrogen) atoms. The number of hydrogen-bond donors (Lipinski definition) is 1. The molecule has 78 valence electrons. The van der Waals surface area contributed by atoms with Crippen LogP contribution in [0.3, 0.4) is 0 Å². The summed E-state index contributed by atoms with van der Waals surface area (Å²) < 4.78 is 0. The highest BCUT2D eigenvalue weighted by molar-refractivity contribution is 5.56. The second-order valence-electron chi connectivity index (χ2n) is 2.94. The normalized spacial score (nSPS) is 9.33. The minimum absolute atomic E-state index is 0.0353. The highest BCUT2D eigenvalue weighted by Crippen LogP contribution is 2.16. The fourth-order valence-electron chi connectivity index (χ4n) is 1.32. The number of aliphatic hydroxyl groups excluding tert-OH is 1. The zero-order valence-corrected chi connectivity index (χ0v) is 8.43. The van der Waals surface area contributed by atoms with Crippen molar-refractivity contribution in [3.63, 3.8) is 0 Å². The molecular weight excluding hydrogens is 190 g/mol. The van der Waals surface area contributed by atoms with Gasteiger partial charge in [0.05, 0.1) is 12.3 Å². The molecule has 0 aliphatic carbocycles. The van der Waals surface area contributed by atoms with Gasteiger partial charge in [0.15, 0.2) is 5.69 Å². The van der Waals surface area contributed by atoms with Crippen LogP contribution in [0, 0.1) is 11.3 Å². The van der Waals surface area contributed by atoms with Crippen LogP contribution in [0.2, 0.25) is 0 Å². The maximum atomic E-state index is 8.91. The Morgan fingerprint density at radius 3 is 3.07 bits per heavy atom. The van der Waals surface area contributed by atoms with Crippen LogP contribution in [-0.4, -0.2) is 29.8 Å². The Bertz CT molecular complexity index is 370. The van der Waals surface area contributed by atoms with E-state index < -0.39 is 0 Å². The van der Waals surface area contributed by atoms with Gasteiger partial charge in [0.25, 0.3) is 0 Å². The molecule has 4 heteroatoms. The second-order valence-corrected chi connectivity index (χ2v) is 2.94. The van der Waals surface area contributed by atoms with Crippen LogP contribution in [-0.2, 0) is 0 Å². The van der Waals surface area contributed by atoms with Crippen LogP contribution in [0.5, 0.6) is 0 Å². The summed E-state index contributed by atoms with van der Waals surface area (Å²) in [6, 6.07) is 5.60. The molecule has 1 N–H and O–H groups in total. The first-order valence-electron chi connectivity index (χ1n) is 4.65. The first-order chi connectivity index (χ1) is 7.33. The number of nitrogens with zero attached hydrogens (tertiary/aromatic N) is 3. The molecule has 0 amide bonds. The van der Waals surface area contributed by atoms with E-state index in [1.54, 1.807) is 18.3 Å². The van der Waals surface area contributed by atoms with Gasteiger partial charge in [-0.05, 0) is 12.1 Å². The summed E-state index contributed by atoms with van der Waals surface area (Å²) in [5, 5.41) is 17.8. The van der Waals surface area contributed by atoms with Crippen LogP contribution in [0.25, 0.3) is 0 Å². The van der Waals surface area contributed by atoms with Gasteiger partial charge in [-0.2, -0.15) is 5.26 Å². The zero-order valence-electron chi connectivity index (χ0n) is 8.43. The molecule has 1 heterocycles. The predicted molar refractivity (Wildman–Crippen MR) is 58.4 cm³/mol. The molecule has 0 aliphatic heterocycles. The van der Waals surface area contributed by atoms with Crippen molar-refractivity contribution in [3.8, 4) is 6.07 Å². The van der Waals surface area contributed by atoms with Gasteiger partial charge in [-0.25, -0.2) is 4.98 Å². The van der Waals surface area contributed by atoms with Gasteiger partial charge in [0.2, 0.25) is 0 Å². The lowest BCUT2D eigenvalue weighted by Gasteiger charge is -2.22. The molecule has 0 fully saturated rings. The first kappa shape index (κ1) is 11.2. The third-order valence-corrected chi connectivity index (χ3v) is 1.95. The van der Waals surface area contributed by atoms with Crippen LogP contribution in [0.4, 0.5) is 5.69 Å². The van der Waals surface area contributed by atoms with Crippen molar-refractivity contribution in [2.45, 2.75) is 0 Å². The monoisotopic (exact) mass is 203 g/mol. The average molecular weight is 203 g/mol. The highest BCUT2D eigenvalue weighted by Gasteiger charge is 2.09. The van der Waals surface area contributed by atoms with E-state index in [-0.39, 0.29) is 6.61 Å². The number of pyridine rings is 1. The molecule has 0 aromatic carbocycles. The summed E-state index contributed by atoms with van der Waals surface area (Å²) in [7, 11) is 0. The number of hydrogen-bond acceptors (Lipinski definition) is 4. The average Bonchev–Trinajstić information content (AvgIpc) is 2.29. The van der Waals surface area contributed by atoms with Crippen molar-refractivity contribution in [2.24, 2.45) is 0 Å². The van der Waals surface area contributed by atoms with Crippen molar-refractivity contribution in [2.75, 3.05) is 24.6 Å². The van der Waals surface area contributed by atoms with Crippen LogP contribution < -0.4 is 4.90 Å². The van der Waals surface area contributed by atoms with Gasteiger partial charge in [0, 0.05) is 19.3 Å². The molecule has 0 saturated heterocycles. The van der Waals surface area contributed by atoms with Crippen LogP contribution >= 0.6 is 0 Å². The maximum absolute atomic E-state index is 8.91. The van der Waals surface area contributed by atoms with E-state index in [0.29, 0.717) is 18.8 Å². The summed E-state index contributed by atoms with van der Waals surface area (Å²) in [6.07, 6.45) is 3.30. The predicted octanol–water partition coefficient (Wildman–Crippen LogP) is 0.938. The largest absolute Gasteiger partial charge is 0.395 e. The standard InChI is InChI=1S/C11H13N3O/c1-2-6-14(7-8-15)11-4-3-5-13-10(11)9-12/h2-5,15H,1,6-8H2. The minimum atomic E-state index is 0.0353. The molecule has 0 spiro atoms. The molecule has 0 unspecified atom stereocenters. The quantitative estimate of drug-likeness (QED) is 0.723. The van der Waals surface area contributed by atoms with Crippen LogP contribution in [0.1, 0.15) is 5.69 Å². The molecule has 1 rings (SSSR count). The molecule has 0 radical (unpaired) electrons. The van der Waals surface area contributed by atoms with E-state index in [1.165, 1.54) is 0 Å². The first-order valence-corrected chi connectivity index (χ1v) is 4.65. The lowest BCUT2D eigenvalue weighted by molar-refractivity contribution is 0.303. The number of nitriles is 1. The third kappa shape index (κ3) is 2.79. The highest BCUT2D eigenvalue weighted by atomic mass is 16.3. The summed E-state index contributed by atoms with van der Waals surface area (Å²) in [5.74, 6) is 0. The van der Waals surface area contributed by atoms with Gasteiger partial charge >= 0.3 is 0 Å². The maximum Gasteiger partial charge on any atom is 0.163 e. The lowest BCUT2D eigenvalue weighted by atomic mass is 10.2. The van der Waals surface area contributed by atoms with Crippen molar-refractivity contribution < 1.29 is 5.11 Å². The fraction of sp³-hybridized carbons (Fsp3) is 0.273. The number of aliphatic hydroxyl groups is 1. The minimum Gasteiger partial charge on any atom is -0.395 e. The van der Waals surface area contributed by atoms with Gasteiger partial charge in [0.1, 0.15) is 6.07 Å². The number of anilines is 1. The Labute approximate surface area is 89.1 Å². The van der Waals surface area contributed by atoms with Gasteiger partial charge in [-0.3, -0.25) is 0 Å². The Morgan fingerprint density at radius 2 is 2.47 bits per heavy atom. The van der Waals surface area contributed by atoms with E-state index in [4.69, 9.17) is 10.4 Å². The van der Waals surface area contributed by atoms with E-state index in [0.717, 1.165) is 5.69 Å². The topological polar surface area (TPSA) is 60.1 Å². The van der Waals surface area contributed by atoms with E-state index in [1.807, 2.05) is 17.0 Å². The summed E-state index contributed by atoms with van der Waals surface area (Å²) >= 11 is 0. The van der Waals surface area contributed by atoms with E-state index >= 15 is 0 Å². The van der Waals surface area contributed by atoms with Gasteiger partial charge < -0.3 is 10.0 Å². The Kier molecular flexibility index (Phi) is 4.32. The van der Waals surface area contributed by atoms with Crippen molar-refractivity contribution >= 4 is 5.69 Å². The molecule has 1 aromatic rings. The third-order valence-electron chi connectivity index (χ3n) is 1.95. The molecule has 0 saturated carbocycles.